The molecule has 1 atom stereocenters. The van der Waals surface area contributed by atoms with Gasteiger partial charge in [-0.2, -0.15) is 0 Å². The maximum absolute atomic E-state index is 12.1. The van der Waals surface area contributed by atoms with Gasteiger partial charge in [0.1, 0.15) is 0 Å². The molecule has 6 nitrogen and oxygen atoms in total. The Morgan fingerprint density at radius 2 is 1.66 bits per heavy atom. The van der Waals surface area contributed by atoms with Crippen molar-refractivity contribution in [1.29, 1.82) is 0 Å². The number of nitro benzene ring substituents is 1. The Bertz CT molecular complexity index is 637. The van der Waals surface area contributed by atoms with Crippen LogP contribution in [-0.2, 0) is 9.59 Å². The molecular formula is C23H38N2O4. The first kappa shape index (κ1) is 28.7. The number of carbonyl (C=O) groups excluding carboxylic acids is 2. The van der Waals surface area contributed by atoms with Crippen LogP contribution in [0.15, 0.2) is 36.4 Å². The van der Waals surface area contributed by atoms with E-state index in [0.29, 0.717) is 12.8 Å². The van der Waals surface area contributed by atoms with Gasteiger partial charge in [0.2, 0.25) is 6.41 Å². The summed E-state index contributed by atoms with van der Waals surface area (Å²) in [4.78, 5) is 35.0. The van der Waals surface area contributed by atoms with Gasteiger partial charge in [0.25, 0.3) is 11.6 Å². The minimum Gasteiger partial charge on any atom is -0.278 e. The molecule has 0 aliphatic carbocycles. The van der Waals surface area contributed by atoms with Crippen molar-refractivity contribution in [3.05, 3.63) is 52.1 Å². The van der Waals surface area contributed by atoms with Gasteiger partial charge in [0.05, 0.1) is 4.92 Å². The fourth-order valence-electron chi connectivity index (χ4n) is 2.78. The summed E-state index contributed by atoms with van der Waals surface area (Å²) in [7, 11) is 0. The summed E-state index contributed by atoms with van der Waals surface area (Å²) in [5.74, 6) is -0.266. The zero-order valence-electron chi connectivity index (χ0n) is 19.3. The van der Waals surface area contributed by atoms with Crippen LogP contribution in [0.5, 0.6) is 0 Å². The van der Waals surface area contributed by atoms with Crippen molar-refractivity contribution in [1.82, 2.24) is 4.90 Å². The molecule has 1 aromatic rings. The van der Waals surface area contributed by atoms with E-state index in [2.05, 4.69) is 13.8 Å². The van der Waals surface area contributed by atoms with Crippen molar-refractivity contribution in [3.8, 4) is 0 Å². The lowest BCUT2D eigenvalue weighted by atomic mass is 9.83. The van der Waals surface area contributed by atoms with Gasteiger partial charge < -0.3 is 0 Å². The van der Waals surface area contributed by atoms with Crippen LogP contribution in [0, 0.1) is 10.1 Å². The molecule has 0 aromatic heterocycles. The summed E-state index contributed by atoms with van der Waals surface area (Å²) >= 11 is 0. The molecule has 2 amide bonds. The van der Waals surface area contributed by atoms with Gasteiger partial charge in [-0.15, -0.1) is 0 Å². The fraction of sp³-hybridized carbons (Fsp3) is 0.565. The zero-order valence-corrected chi connectivity index (χ0v) is 19.3. The lowest BCUT2D eigenvalue weighted by Crippen LogP contribution is -2.47. The van der Waals surface area contributed by atoms with Crippen molar-refractivity contribution < 1.29 is 14.5 Å². The van der Waals surface area contributed by atoms with E-state index in [-0.39, 0.29) is 17.5 Å². The maximum atomic E-state index is 12.1. The number of hydrogen-bond donors (Lipinski definition) is 0. The second-order valence-corrected chi connectivity index (χ2v) is 6.99. The highest BCUT2D eigenvalue weighted by atomic mass is 16.6. The van der Waals surface area contributed by atoms with Crippen molar-refractivity contribution in [2.75, 3.05) is 0 Å². The van der Waals surface area contributed by atoms with Crippen LogP contribution in [0.25, 0.3) is 0 Å². The molecular weight excluding hydrogens is 368 g/mol. The van der Waals surface area contributed by atoms with Gasteiger partial charge >= 0.3 is 0 Å². The van der Waals surface area contributed by atoms with Crippen LogP contribution < -0.4 is 0 Å². The van der Waals surface area contributed by atoms with Crippen LogP contribution in [-0.4, -0.2) is 27.7 Å². The first-order valence-electron chi connectivity index (χ1n) is 10.3. The predicted molar refractivity (Wildman–Crippen MR) is 120 cm³/mol. The molecule has 29 heavy (non-hydrogen) atoms. The molecule has 1 unspecified atom stereocenters. The van der Waals surface area contributed by atoms with Gasteiger partial charge in [0.15, 0.2) is 0 Å². The maximum Gasteiger partial charge on any atom is 0.269 e. The minimum absolute atomic E-state index is 0.0469. The number of nitrogens with zero attached hydrogens (tertiary/aromatic N) is 2. The summed E-state index contributed by atoms with van der Waals surface area (Å²) in [6.07, 6.45) is 6.14. The lowest BCUT2D eigenvalue weighted by molar-refractivity contribution is -0.384. The number of allylic oxidation sites excluding steroid dienone is 1. The normalized spacial score (nSPS) is 11.4. The molecule has 0 heterocycles. The Hall–Kier alpha value is -2.50. The summed E-state index contributed by atoms with van der Waals surface area (Å²) in [5.41, 5.74) is 0.340. The Morgan fingerprint density at radius 1 is 1.17 bits per heavy atom. The molecule has 1 rings (SSSR count). The average molecular weight is 407 g/mol. The van der Waals surface area contributed by atoms with Crippen LogP contribution in [0.2, 0.25) is 0 Å². The highest BCUT2D eigenvalue weighted by Crippen LogP contribution is 2.32. The molecule has 0 spiro atoms. The second-order valence-electron chi connectivity index (χ2n) is 6.99. The summed E-state index contributed by atoms with van der Waals surface area (Å²) in [6, 6.07) is 6.43. The van der Waals surface area contributed by atoms with Crippen LogP contribution in [0.1, 0.15) is 86.1 Å². The Labute approximate surface area is 176 Å². The molecule has 0 aliphatic rings. The van der Waals surface area contributed by atoms with Gasteiger partial charge in [-0.3, -0.25) is 24.6 Å². The number of hydrogen-bond acceptors (Lipinski definition) is 4. The second kappa shape index (κ2) is 15.4. The van der Waals surface area contributed by atoms with E-state index in [1.165, 1.54) is 29.5 Å². The number of rotatable bonds is 8. The lowest BCUT2D eigenvalue weighted by Gasteiger charge is -2.36. The largest absolute Gasteiger partial charge is 0.278 e. The van der Waals surface area contributed by atoms with Crippen LogP contribution >= 0.6 is 0 Å². The third-order valence-corrected chi connectivity index (χ3v) is 4.12. The molecule has 0 fully saturated rings. The predicted octanol–water partition coefficient (Wildman–Crippen LogP) is 6.26. The monoisotopic (exact) mass is 406 g/mol. The molecule has 0 bridgehead atoms. The smallest absolute Gasteiger partial charge is 0.269 e. The van der Waals surface area contributed by atoms with Gasteiger partial charge in [-0.1, -0.05) is 59.2 Å². The first-order valence-corrected chi connectivity index (χ1v) is 10.3. The van der Waals surface area contributed by atoms with Crippen molar-refractivity contribution >= 4 is 18.0 Å². The van der Waals surface area contributed by atoms with Crippen LogP contribution in [0.3, 0.4) is 0 Å². The fourth-order valence-corrected chi connectivity index (χ4v) is 2.78. The SMILES string of the molecule is C/C=C\C(=O)N(C=O)C(C)(C)CC(CC)c1ccc([N+](=O)[O-])cc1.CC.CCC. The van der Waals surface area contributed by atoms with E-state index in [0.717, 1.165) is 12.0 Å². The molecule has 0 N–H and O–H groups in total. The summed E-state index contributed by atoms with van der Waals surface area (Å²) < 4.78 is 0. The van der Waals surface area contributed by atoms with Gasteiger partial charge in [0, 0.05) is 17.7 Å². The summed E-state index contributed by atoms with van der Waals surface area (Å²) in [6.45, 7) is 15.7. The highest BCUT2D eigenvalue weighted by Gasteiger charge is 2.32. The van der Waals surface area contributed by atoms with E-state index in [4.69, 9.17) is 0 Å². The number of imide groups is 1. The molecule has 164 valence electrons. The van der Waals surface area contributed by atoms with Crippen LogP contribution in [0.4, 0.5) is 5.69 Å². The van der Waals surface area contributed by atoms with E-state index in [1.54, 1.807) is 25.1 Å². The Kier molecular flexibility index (Phi) is 15.3. The molecule has 0 aliphatic heterocycles. The van der Waals surface area contributed by atoms with E-state index >= 15 is 0 Å². The molecule has 0 saturated carbocycles. The standard InChI is InChI=1S/C18H24N2O4.C3H8.C2H6/c1-5-7-17(22)19(13-21)18(3,4)12-14(6-2)15-8-10-16(11-9-15)20(23)24;1-3-2;1-2/h5,7-11,13-14H,6,12H2,1-4H3;3H2,1-2H3;1-2H3/b7-5-;;. The number of benzene rings is 1. The number of carbonyl (C=O) groups is 2. The third-order valence-electron chi connectivity index (χ3n) is 4.12. The van der Waals surface area contributed by atoms with E-state index in [1.807, 2.05) is 34.6 Å². The molecule has 0 saturated heterocycles. The van der Waals surface area contributed by atoms with Crippen molar-refractivity contribution in [2.45, 2.75) is 86.1 Å². The number of amides is 2. The Balaban J connectivity index is 0. The quantitative estimate of drug-likeness (QED) is 0.221. The van der Waals surface area contributed by atoms with Gasteiger partial charge in [-0.25, -0.2) is 0 Å². The first-order chi connectivity index (χ1) is 13.7. The highest BCUT2D eigenvalue weighted by molar-refractivity contribution is 5.95. The molecule has 6 heteroatoms. The number of non-ortho nitro benzene ring substituents is 1. The van der Waals surface area contributed by atoms with E-state index < -0.39 is 10.5 Å². The third kappa shape index (κ3) is 10.0. The molecule has 0 radical (unpaired) electrons. The van der Waals surface area contributed by atoms with Gasteiger partial charge in [-0.05, 0) is 51.2 Å². The average Bonchev–Trinajstić information content (AvgIpc) is 2.69. The summed E-state index contributed by atoms with van der Waals surface area (Å²) in [5, 5.41) is 10.8. The van der Waals surface area contributed by atoms with E-state index in [9.17, 15) is 19.7 Å². The van der Waals surface area contributed by atoms with Crippen molar-refractivity contribution in [3.63, 3.8) is 0 Å². The van der Waals surface area contributed by atoms with Crippen molar-refractivity contribution in [2.24, 2.45) is 0 Å². The topological polar surface area (TPSA) is 80.5 Å². The minimum atomic E-state index is -0.666. The zero-order chi connectivity index (χ0) is 23.0. The molecule has 1 aromatic carbocycles. The Morgan fingerprint density at radius 3 is 2.00 bits per heavy atom. The number of nitro groups is 1.